The number of aliphatic carboxylic acids is 1. The minimum atomic E-state index is -1.13. The van der Waals surface area contributed by atoms with Crippen LogP contribution in [0.5, 0.6) is 5.75 Å². The van der Waals surface area contributed by atoms with Crippen molar-refractivity contribution in [3.05, 3.63) is 86.9 Å². The Kier molecular flexibility index (Phi) is 9.38. The first kappa shape index (κ1) is 29.4. The number of piperidine rings is 1. The standard InChI is InChI=1S/C31H32Cl2N2O5/c1-18-13-19(2)28(20(3)14-18)40-31(39)35-12-4-5-23(17-35)29(36)34-27(30(37)38)15-21-6-8-22(9-7-21)25-11-10-24(32)16-26(25)33/h6-11,13-14,16,23,27H,4-5,12,15,17H2,1-3H3,(H,34,36)(H,37,38)/t23?,27-/m0/s1. The Morgan fingerprint density at radius 1 is 1.02 bits per heavy atom. The topological polar surface area (TPSA) is 95.9 Å². The molecule has 7 nitrogen and oxygen atoms in total. The van der Waals surface area contributed by atoms with E-state index in [1.54, 1.807) is 12.1 Å². The van der Waals surface area contributed by atoms with Gasteiger partial charge < -0.3 is 20.1 Å². The number of nitrogens with zero attached hydrogens (tertiary/aromatic N) is 1. The number of carbonyl (C=O) groups excluding carboxylic acids is 2. The van der Waals surface area contributed by atoms with Gasteiger partial charge in [0.2, 0.25) is 5.91 Å². The zero-order chi connectivity index (χ0) is 29.0. The smallest absolute Gasteiger partial charge is 0.415 e. The van der Waals surface area contributed by atoms with Gasteiger partial charge in [0.1, 0.15) is 11.8 Å². The predicted molar refractivity (Wildman–Crippen MR) is 156 cm³/mol. The molecule has 2 atom stereocenters. The van der Waals surface area contributed by atoms with Gasteiger partial charge in [-0.15, -0.1) is 0 Å². The van der Waals surface area contributed by atoms with E-state index < -0.39 is 29.9 Å². The fourth-order valence-corrected chi connectivity index (χ4v) is 5.62. The Hall–Kier alpha value is -3.55. The SMILES string of the molecule is Cc1cc(C)c(OC(=O)N2CCCC(C(=O)N[C@@H](Cc3ccc(-c4ccc(Cl)cc4Cl)cc3)C(=O)O)C2)c(C)c1. The van der Waals surface area contributed by atoms with Crippen LogP contribution < -0.4 is 10.1 Å². The van der Waals surface area contributed by atoms with Crippen LogP contribution in [0.4, 0.5) is 4.79 Å². The summed E-state index contributed by atoms with van der Waals surface area (Å²) in [6.45, 7) is 6.40. The third-order valence-corrected chi connectivity index (χ3v) is 7.64. The monoisotopic (exact) mass is 582 g/mol. The lowest BCUT2D eigenvalue weighted by molar-refractivity contribution is -0.142. The minimum absolute atomic E-state index is 0.111. The molecule has 1 saturated heterocycles. The average Bonchev–Trinajstić information content (AvgIpc) is 2.90. The number of hydrogen-bond donors (Lipinski definition) is 2. The summed E-state index contributed by atoms with van der Waals surface area (Å²) < 4.78 is 5.70. The first-order valence-electron chi connectivity index (χ1n) is 13.1. The summed E-state index contributed by atoms with van der Waals surface area (Å²) >= 11 is 12.3. The van der Waals surface area contributed by atoms with Crippen molar-refractivity contribution >= 4 is 41.2 Å². The highest BCUT2D eigenvalue weighted by atomic mass is 35.5. The van der Waals surface area contributed by atoms with Gasteiger partial charge in [-0.05, 0) is 68.0 Å². The van der Waals surface area contributed by atoms with E-state index >= 15 is 0 Å². The molecular formula is C31H32Cl2N2O5. The van der Waals surface area contributed by atoms with Crippen molar-refractivity contribution in [1.29, 1.82) is 0 Å². The van der Waals surface area contributed by atoms with E-state index in [2.05, 4.69) is 5.32 Å². The Bertz CT molecular complexity index is 1400. The van der Waals surface area contributed by atoms with Crippen LogP contribution in [0.15, 0.2) is 54.6 Å². The average molecular weight is 584 g/mol. The number of likely N-dealkylation sites (tertiary alicyclic amines) is 1. The number of halogens is 2. The van der Waals surface area contributed by atoms with Gasteiger partial charge in [0.15, 0.2) is 0 Å². The quantitative estimate of drug-likeness (QED) is 0.327. The molecule has 0 spiro atoms. The highest BCUT2D eigenvalue weighted by Crippen LogP contribution is 2.31. The number of hydrogen-bond acceptors (Lipinski definition) is 4. The molecule has 3 aromatic carbocycles. The van der Waals surface area contributed by atoms with E-state index in [-0.39, 0.29) is 13.0 Å². The summed E-state index contributed by atoms with van der Waals surface area (Å²) in [5, 5.41) is 13.6. The van der Waals surface area contributed by atoms with Crippen LogP contribution in [0.2, 0.25) is 10.0 Å². The summed E-state index contributed by atoms with van der Waals surface area (Å²) in [5.74, 6) is -1.53. The Morgan fingerprint density at radius 2 is 1.70 bits per heavy atom. The Labute approximate surface area is 244 Å². The zero-order valence-corrected chi connectivity index (χ0v) is 24.2. The molecule has 1 unspecified atom stereocenters. The molecule has 1 fully saturated rings. The van der Waals surface area contributed by atoms with Crippen LogP contribution >= 0.6 is 23.2 Å². The maximum Gasteiger partial charge on any atom is 0.415 e. The summed E-state index contributed by atoms with van der Waals surface area (Å²) in [4.78, 5) is 39.6. The van der Waals surface area contributed by atoms with Gasteiger partial charge in [0, 0.05) is 35.1 Å². The fraction of sp³-hybridized carbons (Fsp3) is 0.323. The second-order valence-corrected chi connectivity index (χ2v) is 11.1. The lowest BCUT2D eigenvalue weighted by Crippen LogP contribution is -2.50. The third kappa shape index (κ3) is 7.14. The van der Waals surface area contributed by atoms with Gasteiger partial charge in [0.25, 0.3) is 0 Å². The van der Waals surface area contributed by atoms with Crippen molar-refractivity contribution in [3.63, 3.8) is 0 Å². The van der Waals surface area contributed by atoms with E-state index in [1.165, 1.54) is 4.90 Å². The Balaban J connectivity index is 1.38. The number of benzene rings is 3. The molecule has 0 saturated carbocycles. The van der Waals surface area contributed by atoms with E-state index in [1.807, 2.05) is 63.2 Å². The first-order valence-corrected chi connectivity index (χ1v) is 13.9. The number of carboxylic acids is 1. The molecular weight excluding hydrogens is 551 g/mol. The molecule has 1 aliphatic rings. The normalized spacial score (nSPS) is 15.8. The summed E-state index contributed by atoms with van der Waals surface area (Å²) in [6.07, 6.45) is 0.774. The van der Waals surface area contributed by atoms with Crippen molar-refractivity contribution in [1.82, 2.24) is 10.2 Å². The summed E-state index contributed by atoms with van der Waals surface area (Å²) in [6, 6.07) is 15.4. The lowest BCUT2D eigenvalue weighted by atomic mass is 9.96. The zero-order valence-electron chi connectivity index (χ0n) is 22.7. The molecule has 9 heteroatoms. The number of carboxylic acid groups (broad SMARTS) is 1. The molecule has 0 bridgehead atoms. The van der Waals surface area contributed by atoms with Crippen LogP contribution in [0.1, 0.15) is 35.1 Å². The van der Waals surface area contributed by atoms with Crippen molar-refractivity contribution in [2.75, 3.05) is 13.1 Å². The number of ether oxygens (including phenoxy) is 1. The highest BCUT2D eigenvalue weighted by molar-refractivity contribution is 6.36. The highest BCUT2D eigenvalue weighted by Gasteiger charge is 2.32. The van der Waals surface area contributed by atoms with Gasteiger partial charge >= 0.3 is 12.1 Å². The van der Waals surface area contributed by atoms with Crippen molar-refractivity contribution in [3.8, 4) is 16.9 Å². The molecule has 0 radical (unpaired) electrons. The van der Waals surface area contributed by atoms with Gasteiger partial charge in [-0.2, -0.15) is 0 Å². The number of amides is 2. The second-order valence-electron chi connectivity index (χ2n) is 10.3. The van der Waals surface area contributed by atoms with Crippen molar-refractivity contribution < 1.29 is 24.2 Å². The minimum Gasteiger partial charge on any atom is -0.480 e. The predicted octanol–water partition coefficient (Wildman–Crippen LogP) is 6.61. The number of aryl methyl sites for hydroxylation is 3. The second kappa shape index (κ2) is 12.7. The summed E-state index contributed by atoms with van der Waals surface area (Å²) in [5.41, 5.74) is 5.25. The summed E-state index contributed by atoms with van der Waals surface area (Å²) in [7, 11) is 0. The van der Waals surface area contributed by atoms with Crippen LogP contribution in [0.3, 0.4) is 0 Å². The van der Waals surface area contributed by atoms with Crippen LogP contribution in [0, 0.1) is 26.7 Å². The molecule has 2 amide bonds. The molecule has 0 aromatic heterocycles. The van der Waals surface area contributed by atoms with E-state index in [9.17, 15) is 19.5 Å². The van der Waals surface area contributed by atoms with Crippen molar-refractivity contribution in [2.24, 2.45) is 5.92 Å². The molecule has 2 N–H and O–H groups in total. The van der Waals surface area contributed by atoms with Gasteiger partial charge in [-0.1, -0.05) is 71.2 Å². The molecule has 40 heavy (non-hydrogen) atoms. The van der Waals surface area contributed by atoms with Gasteiger partial charge in [-0.25, -0.2) is 9.59 Å². The van der Waals surface area contributed by atoms with E-state index in [0.29, 0.717) is 35.2 Å². The number of carbonyl (C=O) groups is 3. The van der Waals surface area contributed by atoms with E-state index in [4.69, 9.17) is 27.9 Å². The molecule has 1 aliphatic heterocycles. The maximum atomic E-state index is 13.1. The van der Waals surface area contributed by atoms with Gasteiger partial charge in [0.05, 0.1) is 5.92 Å². The number of nitrogens with one attached hydrogen (secondary N) is 1. The van der Waals surface area contributed by atoms with E-state index in [0.717, 1.165) is 33.4 Å². The largest absolute Gasteiger partial charge is 0.480 e. The molecule has 1 heterocycles. The van der Waals surface area contributed by atoms with Crippen LogP contribution in [-0.2, 0) is 16.0 Å². The first-order chi connectivity index (χ1) is 19.0. The molecule has 210 valence electrons. The fourth-order valence-electron chi connectivity index (χ4n) is 5.11. The Morgan fingerprint density at radius 3 is 2.33 bits per heavy atom. The maximum absolute atomic E-state index is 13.1. The van der Waals surface area contributed by atoms with Crippen LogP contribution in [0.25, 0.3) is 11.1 Å². The third-order valence-electron chi connectivity index (χ3n) is 7.09. The molecule has 4 rings (SSSR count). The lowest BCUT2D eigenvalue weighted by Gasteiger charge is -2.32. The van der Waals surface area contributed by atoms with Crippen LogP contribution in [-0.4, -0.2) is 47.1 Å². The molecule has 3 aromatic rings. The van der Waals surface area contributed by atoms with Gasteiger partial charge in [-0.3, -0.25) is 4.79 Å². The molecule has 0 aliphatic carbocycles. The number of rotatable bonds is 7. The van der Waals surface area contributed by atoms with Crippen molar-refractivity contribution in [2.45, 2.75) is 46.1 Å².